The van der Waals surface area contributed by atoms with E-state index in [1.54, 1.807) is 11.3 Å². The molecule has 1 nitrogen and oxygen atoms in total. The zero-order chi connectivity index (χ0) is 11.3. The number of hydrogen-bond donors (Lipinski definition) is 1. The fourth-order valence-electron chi connectivity index (χ4n) is 1.44. The Hall–Kier alpha value is -0.300. The highest BCUT2D eigenvalue weighted by molar-refractivity contribution is 9.10. The lowest BCUT2D eigenvalue weighted by Crippen LogP contribution is -2.29. The molecule has 1 aromatic rings. The summed E-state index contributed by atoms with van der Waals surface area (Å²) in [5.74, 6) is 2.79. The Morgan fingerprint density at radius 2 is 2.40 bits per heavy atom. The summed E-state index contributed by atoms with van der Waals surface area (Å²) in [5.41, 5.74) is 0. The number of rotatable bonds is 5. The van der Waals surface area contributed by atoms with E-state index in [-0.39, 0.29) is 6.04 Å². The third kappa shape index (κ3) is 3.98. The van der Waals surface area contributed by atoms with E-state index in [0.29, 0.717) is 6.04 Å². The van der Waals surface area contributed by atoms with Crippen LogP contribution in [0.5, 0.6) is 0 Å². The summed E-state index contributed by atoms with van der Waals surface area (Å²) in [6.07, 6.45) is 7.62. The zero-order valence-electron chi connectivity index (χ0n) is 9.09. The SMILES string of the molecule is C#CC(CCC)NC(C)c1cc(Br)cs1. The van der Waals surface area contributed by atoms with Crippen LogP contribution < -0.4 is 5.32 Å². The van der Waals surface area contributed by atoms with Crippen molar-refractivity contribution in [3.05, 3.63) is 20.8 Å². The molecule has 1 N–H and O–H groups in total. The highest BCUT2D eigenvalue weighted by atomic mass is 79.9. The Labute approximate surface area is 104 Å². The molecule has 2 unspecified atom stereocenters. The highest BCUT2D eigenvalue weighted by Gasteiger charge is 2.11. The Morgan fingerprint density at radius 1 is 1.67 bits per heavy atom. The van der Waals surface area contributed by atoms with Gasteiger partial charge < -0.3 is 0 Å². The van der Waals surface area contributed by atoms with Crippen LogP contribution in [0.3, 0.4) is 0 Å². The molecule has 0 fully saturated rings. The smallest absolute Gasteiger partial charge is 0.0691 e. The minimum Gasteiger partial charge on any atom is -0.296 e. The summed E-state index contributed by atoms with van der Waals surface area (Å²) in [5, 5.41) is 5.55. The molecular weight excluding hydrogens is 270 g/mol. The Kier molecular flexibility index (Phi) is 5.38. The van der Waals surface area contributed by atoms with E-state index in [1.807, 2.05) is 0 Å². The van der Waals surface area contributed by atoms with Gasteiger partial charge in [0.05, 0.1) is 6.04 Å². The van der Waals surface area contributed by atoms with E-state index >= 15 is 0 Å². The van der Waals surface area contributed by atoms with Gasteiger partial charge in [-0.3, -0.25) is 5.32 Å². The highest BCUT2D eigenvalue weighted by Crippen LogP contribution is 2.25. The molecule has 0 radical (unpaired) electrons. The third-order valence-electron chi connectivity index (χ3n) is 2.24. The van der Waals surface area contributed by atoms with Crippen molar-refractivity contribution in [2.75, 3.05) is 0 Å². The van der Waals surface area contributed by atoms with E-state index in [1.165, 1.54) is 4.88 Å². The maximum atomic E-state index is 5.47. The predicted molar refractivity (Wildman–Crippen MR) is 71.1 cm³/mol. The quantitative estimate of drug-likeness (QED) is 0.808. The van der Waals surface area contributed by atoms with Gasteiger partial charge in [-0.2, -0.15) is 0 Å². The molecule has 0 amide bonds. The van der Waals surface area contributed by atoms with E-state index in [2.05, 4.69) is 52.5 Å². The minimum absolute atomic E-state index is 0.186. The second kappa shape index (κ2) is 6.32. The van der Waals surface area contributed by atoms with Crippen LogP contribution in [0.25, 0.3) is 0 Å². The van der Waals surface area contributed by atoms with Crippen molar-refractivity contribution in [3.63, 3.8) is 0 Å². The largest absolute Gasteiger partial charge is 0.296 e. The van der Waals surface area contributed by atoms with Gasteiger partial charge in [-0.1, -0.05) is 19.3 Å². The average molecular weight is 286 g/mol. The molecule has 1 rings (SSSR count). The van der Waals surface area contributed by atoms with Crippen molar-refractivity contribution >= 4 is 27.3 Å². The van der Waals surface area contributed by atoms with Crippen LogP contribution >= 0.6 is 27.3 Å². The first-order chi connectivity index (χ1) is 7.17. The Bertz CT molecular complexity index is 340. The standard InChI is InChI=1S/C12H16BrNS/c1-4-6-11(5-2)14-9(3)12-7-10(13)8-15-12/h2,7-9,11,14H,4,6H2,1,3H3. The summed E-state index contributed by atoms with van der Waals surface area (Å²) in [7, 11) is 0. The molecule has 0 aliphatic carbocycles. The van der Waals surface area contributed by atoms with Crippen molar-refractivity contribution in [2.45, 2.75) is 38.8 Å². The van der Waals surface area contributed by atoms with Crippen LogP contribution in [0.15, 0.2) is 15.9 Å². The molecule has 2 atom stereocenters. The summed E-state index contributed by atoms with van der Waals surface area (Å²) in [6, 6.07) is 2.65. The number of hydrogen-bond acceptors (Lipinski definition) is 2. The fraction of sp³-hybridized carbons (Fsp3) is 0.500. The van der Waals surface area contributed by atoms with Crippen LogP contribution in [-0.4, -0.2) is 6.04 Å². The molecule has 82 valence electrons. The van der Waals surface area contributed by atoms with E-state index in [4.69, 9.17) is 6.42 Å². The number of halogens is 1. The summed E-state index contributed by atoms with van der Waals surface area (Å²) >= 11 is 5.21. The van der Waals surface area contributed by atoms with Gasteiger partial charge in [0.25, 0.3) is 0 Å². The van der Waals surface area contributed by atoms with Crippen LogP contribution in [0.2, 0.25) is 0 Å². The maximum absolute atomic E-state index is 5.47. The van der Waals surface area contributed by atoms with E-state index in [9.17, 15) is 0 Å². The van der Waals surface area contributed by atoms with Crippen molar-refractivity contribution < 1.29 is 0 Å². The zero-order valence-corrected chi connectivity index (χ0v) is 11.5. The lowest BCUT2D eigenvalue weighted by Gasteiger charge is -2.17. The van der Waals surface area contributed by atoms with Crippen molar-refractivity contribution in [1.29, 1.82) is 0 Å². The van der Waals surface area contributed by atoms with Crippen LogP contribution in [0, 0.1) is 12.3 Å². The van der Waals surface area contributed by atoms with E-state index in [0.717, 1.165) is 17.3 Å². The topological polar surface area (TPSA) is 12.0 Å². The fourth-order valence-corrected chi connectivity index (χ4v) is 2.91. The second-order valence-corrected chi connectivity index (χ2v) is 5.42. The van der Waals surface area contributed by atoms with E-state index < -0.39 is 0 Å². The molecule has 1 heterocycles. The number of nitrogens with one attached hydrogen (secondary N) is 1. The molecule has 0 saturated carbocycles. The van der Waals surface area contributed by atoms with Gasteiger partial charge in [-0.25, -0.2) is 0 Å². The maximum Gasteiger partial charge on any atom is 0.0691 e. The van der Waals surface area contributed by atoms with Gasteiger partial charge in [0.15, 0.2) is 0 Å². The van der Waals surface area contributed by atoms with Crippen molar-refractivity contribution in [2.24, 2.45) is 0 Å². The van der Waals surface area contributed by atoms with Gasteiger partial charge in [0.2, 0.25) is 0 Å². The Balaban J connectivity index is 2.55. The van der Waals surface area contributed by atoms with Gasteiger partial charge in [0, 0.05) is 20.8 Å². The summed E-state index contributed by atoms with van der Waals surface area (Å²) in [6.45, 7) is 4.30. The lowest BCUT2D eigenvalue weighted by molar-refractivity contribution is 0.500. The number of terminal acetylenes is 1. The summed E-state index contributed by atoms with van der Waals surface area (Å²) in [4.78, 5) is 1.32. The normalized spacial score (nSPS) is 14.5. The molecule has 0 bridgehead atoms. The third-order valence-corrected chi connectivity index (χ3v) is 4.12. The lowest BCUT2D eigenvalue weighted by atomic mass is 10.1. The average Bonchev–Trinajstić information content (AvgIpc) is 2.64. The van der Waals surface area contributed by atoms with Crippen LogP contribution in [0.1, 0.15) is 37.6 Å². The van der Waals surface area contributed by atoms with Gasteiger partial charge in [-0.15, -0.1) is 17.8 Å². The van der Waals surface area contributed by atoms with Gasteiger partial charge >= 0.3 is 0 Å². The molecule has 3 heteroatoms. The first kappa shape index (κ1) is 12.8. The minimum atomic E-state index is 0.186. The molecule has 0 aromatic carbocycles. The Morgan fingerprint density at radius 3 is 2.87 bits per heavy atom. The molecule has 15 heavy (non-hydrogen) atoms. The van der Waals surface area contributed by atoms with Crippen LogP contribution in [-0.2, 0) is 0 Å². The first-order valence-corrected chi connectivity index (χ1v) is 6.80. The second-order valence-electron chi connectivity index (χ2n) is 3.56. The molecule has 0 spiro atoms. The van der Waals surface area contributed by atoms with Crippen LogP contribution in [0.4, 0.5) is 0 Å². The molecular formula is C12H16BrNS. The van der Waals surface area contributed by atoms with Gasteiger partial charge in [-0.05, 0) is 35.3 Å². The molecule has 0 saturated heterocycles. The molecule has 1 aromatic heterocycles. The molecule has 0 aliphatic heterocycles. The summed E-state index contributed by atoms with van der Waals surface area (Å²) < 4.78 is 1.14. The van der Waals surface area contributed by atoms with Crippen molar-refractivity contribution in [3.8, 4) is 12.3 Å². The van der Waals surface area contributed by atoms with Gasteiger partial charge in [0.1, 0.15) is 0 Å². The monoisotopic (exact) mass is 285 g/mol. The predicted octanol–water partition coefficient (Wildman–Crippen LogP) is 3.96. The first-order valence-electron chi connectivity index (χ1n) is 5.13. The van der Waals surface area contributed by atoms with Crippen molar-refractivity contribution in [1.82, 2.24) is 5.32 Å². The number of thiophene rings is 1. The molecule has 0 aliphatic rings.